The Balaban J connectivity index is 1.35. The Morgan fingerprint density at radius 2 is 1.93 bits per heavy atom. The summed E-state index contributed by atoms with van der Waals surface area (Å²) < 4.78 is 37.9. The van der Waals surface area contributed by atoms with Gasteiger partial charge in [0.15, 0.2) is 0 Å². The van der Waals surface area contributed by atoms with Crippen LogP contribution >= 0.6 is 11.9 Å². The van der Waals surface area contributed by atoms with Crippen molar-refractivity contribution in [3.8, 4) is 5.75 Å². The molecule has 234 valence electrons. The number of rotatable bonds is 11. The van der Waals surface area contributed by atoms with E-state index in [1.165, 1.54) is 18.3 Å². The molecule has 1 amide bonds. The molecule has 3 heterocycles. The van der Waals surface area contributed by atoms with E-state index in [0.29, 0.717) is 47.8 Å². The van der Waals surface area contributed by atoms with Gasteiger partial charge in [-0.2, -0.15) is 18.7 Å². The summed E-state index contributed by atoms with van der Waals surface area (Å²) >= 11 is 1.68. The number of carbonyl (C=O) groups excluding carboxylic acids is 1. The molecule has 43 heavy (non-hydrogen) atoms. The Morgan fingerprint density at radius 3 is 2.53 bits per heavy atom. The Hall–Kier alpha value is -3.39. The van der Waals surface area contributed by atoms with E-state index in [9.17, 15) is 13.6 Å². The lowest BCUT2D eigenvalue weighted by molar-refractivity contribution is -0.0498. The maximum Gasteiger partial charge on any atom is 0.408 e. The molecule has 11 nitrogen and oxygen atoms in total. The van der Waals surface area contributed by atoms with Gasteiger partial charge in [-0.3, -0.25) is 0 Å². The van der Waals surface area contributed by atoms with Gasteiger partial charge in [0.05, 0.1) is 11.6 Å². The molecule has 0 unspecified atom stereocenters. The Bertz CT molecular complexity index is 1310. The third-order valence-electron chi connectivity index (χ3n) is 7.95. The molecule has 3 aliphatic rings. The van der Waals surface area contributed by atoms with Gasteiger partial charge < -0.3 is 35.7 Å². The summed E-state index contributed by atoms with van der Waals surface area (Å²) in [6.45, 7) is 5.72. The Kier molecular flexibility index (Phi) is 9.16. The van der Waals surface area contributed by atoms with E-state index >= 15 is 0 Å². The lowest BCUT2D eigenvalue weighted by atomic mass is 9.87. The average Bonchev–Trinajstić information content (AvgIpc) is 3.69. The first-order chi connectivity index (χ1) is 20.5. The normalized spacial score (nSPS) is 19.0. The van der Waals surface area contributed by atoms with Crippen molar-refractivity contribution < 1.29 is 23.0 Å². The van der Waals surface area contributed by atoms with Crippen LogP contribution in [0.3, 0.4) is 0 Å². The van der Waals surface area contributed by atoms with Crippen molar-refractivity contribution in [1.82, 2.24) is 19.6 Å². The number of carbonyl (C=O) groups is 1. The van der Waals surface area contributed by atoms with Crippen molar-refractivity contribution >= 4 is 47.5 Å². The minimum Gasteiger partial charge on any atom is -0.444 e. The number of piperidine rings is 1. The van der Waals surface area contributed by atoms with Gasteiger partial charge in [0.25, 0.3) is 0 Å². The number of nitrogens with one attached hydrogen (secondary N) is 4. The number of nitrogens with zero attached hydrogens (tertiary/aromatic N) is 4. The number of amides is 1. The van der Waals surface area contributed by atoms with Gasteiger partial charge in [0.2, 0.25) is 5.95 Å². The van der Waals surface area contributed by atoms with Gasteiger partial charge in [-0.25, -0.2) is 9.10 Å². The van der Waals surface area contributed by atoms with Gasteiger partial charge >= 0.3 is 12.7 Å². The zero-order valence-electron chi connectivity index (χ0n) is 25.0. The largest absolute Gasteiger partial charge is 0.444 e. The number of aromatic nitrogens is 2. The van der Waals surface area contributed by atoms with Crippen LogP contribution in [0, 0.1) is 11.3 Å². The SMILES string of the molecule is CSN1CC(Nc2nc(Nc3cccc(OC(F)F)c3)c(C=N)c(N3CCC(C4(NC(=O)OC(C)(C)C)CC4)CC3)n2)C1. The molecule has 1 saturated carbocycles. The van der Waals surface area contributed by atoms with Crippen LogP contribution in [0.2, 0.25) is 0 Å². The third kappa shape index (κ3) is 7.77. The predicted octanol–water partition coefficient (Wildman–Crippen LogP) is 5.47. The number of alkyl halides is 2. The summed E-state index contributed by atoms with van der Waals surface area (Å²) in [5.41, 5.74) is 0.206. The second-order valence-electron chi connectivity index (χ2n) is 12.2. The number of anilines is 4. The molecule has 14 heteroatoms. The second kappa shape index (κ2) is 12.7. The van der Waals surface area contributed by atoms with Crippen molar-refractivity contribution in [2.45, 2.75) is 70.2 Å². The van der Waals surface area contributed by atoms with E-state index < -0.39 is 12.2 Å². The van der Waals surface area contributed by atoms with E-state index in [-0.39, 0.29) is 23.4 Å². The molecule has 5 rings (SSSR count). The molecule has 0 bridgehead atoms. The number of benzene rings is 1. The highest BCUT2D eigenvalue weighted by molar-refractivity contribution is 7.96. The third-order valence-corrected chi connectivity index (χ3v) is 8.76. The highest BCUT2D eigenvalue weighted by Gasteiger charge is 2.51. The van der Waals surface area contributed by atoms with Gasteiger partial charge in [-0.1, -0.05) is 18.0 Å². The molecule has 0 radical (unpaired) electrons. The molecule has 3 fully saturated rings. The van der Waals surface area contributed by atoms with Crippen LogP contribution in [0.5, 0.6) is 5.75 Å². The van der Waals surface area contributed by atoms with Crippen LogP contribution < -0.4 is 25.6 Å². The topological polar surface area (TPSA) is 128 Å². The van der Waals surface area contributed by atoms with Crippen LogP contribution in [0.25, 0.3) is 0 Å². The summed E-state index contributed by atoms with van der Waals surface area (Å²) in [4.78, 5) is 24.3. The monoisotopic (exact) mass is 618 g/mol. The minimum absolute atomic E-state index is 0.0201. The van der Waals surface area contributed by atoms with Crippen LogP contribution in [0.1, 0.15) is 52.0 Å². The fourth-order valence-electron chi connectivity index (χ4n) is 5.66. The first-order valence-corrected chi connectivity index (χ1v) is 15.7. The number of alkyl carbamates (subject to hydrolysis) is 1. The van der Waals surface area contributed by atoms with Crippen molar-refractivity contribution in [2.24, 2.45) is 5.92 Å². The highest BCUT2D eigenvalue weighted by atomic mass is 32.2. The average molecular weight is 619 g/mol. The predicted molar refractivity (Wildman–Crippen MR) is 165 cm³/mol. The molecule has 2 aromatic rings. The van der Waals surface area contributed by atoms with E-state index in [1.54, 1.807) is 24.1 Å². The zero-order valence-corrected chi connectivity index (χ0v) is 25.8. The number of halogens is 2. The van der Waals surface area contributed by atoms with Crippen LogP contribution in [0.15, 0.2) is 24.3 Å². The van der Waals surface area contributed by atoms with E-state index in [1.807, 2.05) is 27.0 Å². The molecule has 1 aliphatic carbocycles. The lowest BCUT2D eigenvalue weighted by Crippen LogP contribution is -2.51. The molecular formula is C29H40F2N8O3S. The molecule has 1 aromatic carbocycles. The lowest BCUT2D eigenvalue weighted by Gasteiger charge is -2.39. The smallest absolute Gasteiger partial charge is 0.408 e. The Labute approximate surface area is 255 Å². The molecule has 4 N–H and O–H groups in total. The van der Waals surface area contributed by atoms with Crippen molar-refractivity contribution in [3.63, 3.8) is 0 Å². The fraction of sp³-hybridized carbons (Fsp3) is 0.586. The van der Waals surface area contributed by atoms with Crippen LogP contribution in [-0.4, -0.2) is 82.8 Å². The first kappa shape index (κ1) is 31.0. The van der Waals surface area contributed by atoms with Crippen molar-refractivity contribution in [2.75, 3.05) is 48.0 Å². The van der Waals surface area contributed by atoms with Gasteiger partial charge in [0.1, 0.15) is 23.0 Å². The van der Waals surface area contributed by atoms with Crippen LogP contribution in [0.4, 0.5) is 36.8 Å². The number of hydrogen-bond acceptors (Lipinski definition) is 11. The van der Waals surface area contributed by atoms with E-state index in [2.05, 4.69) is 29.9 Å². The quantitative estimate of drug-likeness (QED) is 0.190. The summed E-state index contributed by atoms with van der Waals surface area (Å²) in [6, 6.07) is 6.44. The zero-order chi connectivity index (χ0) is 30.8. The van der Waals surface area contributed by atoms with Crippen molar-refractivity contribution in [1.29, 1.82) is 5.41 Å². The Morgan fingerprint density at radius 1 is 1.21 bits per heavy atom. The summed E-state index contributed by atoms with van der Waals surface area (Å²) in [5.74, 6) is 1.78. The molecule has 0 spiro atoms. The molecule has 1 aromatic heterocycles. The second-order valence-corrected chi connectivity index (χ2v) is 13.1. The summed E-state index contributed by atoms with van der Waals surface area (Å²) in [5, 5.41) is 18.0. The maximum absolute atomic E-state index is 12.8. The van der Waals surface area contributed by atoms with Gasteiger partial charge in [0, 0.05) is 49.7 Å². The summed E-state index contributed by atoms with van der Waals surface area (Å²) in [6.07, 6.45) is 6.44. The van der Waals surface area contributed by atoms with Crippen molar-refractivity contribution in [3.05, 3.63) is 29.8 Å². The number of hydrogen-bond donors (Lipinski definition) is 4. The molecule has 0 atom stereocenters. The molecule has 2 aliphatic heterocycles. The first-order valence-electron chi connectivity index (χ1n) is 14.5. The maximum atomic E-state index is 12.8. The number of ether oxygens (including phenoxy) is 2. The van der Waals surface area contributed by atoms with Gasteiger partial charge in [-0.15, -0.1) is 0 Å². The van der Waals surface area contributed by atoms with E-state index in [0.717, 1.165) is 38.8 Å². The highest BCUT2D eigenvalue weighted by Crippen LogP contribution is 2.47. The standard InChI is InChI=1S/C29H40F2N8O3S/c1-28(2,3)42-27(40)37-29(10-11-29)18-8-12-38(13-9-18)24-22(15-32)23(33-19-6-5-7-21(14-19)41-25(30)31)35-26(36-24)34-20-16-39(17-20)43-4/h5-7,14-15,18,20,25,32H,8-13,16-17H2,1-4H3,(H,37,40)(H2,33,34,35,36). The molecular weight excluding hydrogens is 578 g/mol. The fourth-order valence-corrected chi connectivity index (χ4v) is 6.32. The summed E-state index contributed by atoms with van der Waals surface area (Å²) in [7, 11) is 0. The van der Waals surface area contributed by atoms with Gasteiger partial charge in [-0.05, 0) is 70.8 Å². The van der Waals surface area contributed by atoms with Crippen LogP contribution in [-0.2, 0) is 4.74 Å². The molecule has 2 saturated heterocycles. The minimum atomic E-state index is -2.94. The van der Waals surface area contributed by atoms with E-state index in [4.69, 9.17) is 20.1 Å².